The van der Waals surface area contributed by atoms with Gasteiger partial charge in [0.1, 0.15) is 5.75 Å². The first kappa shape index (κ1) is 15.8. The molecule has 0 unspecified atom stereocenters. The highest BCUT2D eigenvalue weighted by atomic mass is 35.5. The Hall–Kier alpha value is -1.54. The van der Waals surface area contributed by atoms with Crippen LogP contribution in [0.15, 0.2) is 27.9 Å². The van der Waals surface area contributed by atoms with E-state index in [-0.39, 0.29) is 31.8 Å². The van der Waals surface area contributed by atoms with Gasteiger partial charge in [-0.1, -0.05) is 23.2 Å². The molecule has 0 atom stereocenters. The molecular weight excluding hydrogens is 339 g/mol. The van der Waals surface area contributed by atoms with Crippen molar-refractivity contribution in [3.05, 3.63) is 44.3 Å². The summed E-state index contributed by atoms with van der Waals surface area (Å²) in [6.45, 7) is 1.60. The molecule has 0 saturated carbocycles. The summed E-state index contributed by atoms with van der Waals surface area (Å²) in [7, 11) is -3.99. The van der Waals surface area contributed by atoms with Gasteiger partial charge in [0.05, 0.1) is 20.5 Å². The number of aromatic amines is 1. The molecule has 0 amide bonds. The second-order valence-electron chi connectivity index (χ2n) is 4.35. The summed E-state index contributed by atoms with van der Waals surface area (Å²) in [5.41, 5.74) is -0.254. The number of hydrogen-bond donors (Lipinski definition) is 3. The minimum absolute atomic E-state index is 0.0319. The van der Waals surface area contributed by atoms with Gasteiger partial charge in [0.2, 0.25) is 10.0 Å². The molecule has 21 heavy (non-hydrogen) atoms. The van der Waals surface area contributed by atoms with Crippen LogP contribution in [0.1, 0.15) is 5.69 Å². The van der Waals surface area contributed by atoms with Gasteiger partial charge < -0.3 is 10.1 Å². The molecule has 1 aromatic heterocycles. The predicted octanol–water partition coefficient (Wildman–Crippen LogP) is 2.01. The SMILES string of the molecule is Cc1cc(O)c(-c2c(Cl)cc(S(N)(=O)=O)cc2Cl)c(=O)[nH]1. The van der Waals surface area contributed by atoms with Gasteiger partial charge in [-0.2, -0.15) is 0 Å². The summed E-state index contributed by atoms with van der Waals surface area (Å²) in [6, 6.07) is 3.46. The number of nitrogens with one attached hydrogen (secondary N) is 1. The lowest BCUT2D eigenvalue weighted by molar-refractivity contribution is 0.475. The van der Waals surface area contributed by atoms with Crippen molar-refractivity contribution in [1.82, 2.24) is 4.98 Å². The van der Waals surface area contributed by atoms with Gasteiger partial charge in [0.25, 0.3) is 5.56 Å². The van der Waals surface area contributed by atoms with Gasteiger partial charge in [0, 0.05) is 11.3 Å². The first-order valence-corrected chi connectivity index (χ1v) is 7.86. The third kappa shape index (κ3) is 3.06. The number of pyridine rings is 1. The Labute approximate surface area is 130 Å². The first-order valence-electron chi connectivity index (χ1n) is 5.56. The minimum Gasteiger partial charge on any atom is -0.507 e. The van der Waals surface area contributed by atoms with E-state index < -0.39 is 15.6 Å². The molecule has 0 aliphatic rings. The number of rotatable bonds is 2. The fraction of sp³-hybridized carbons (Fsp3) is 0.0833. The lowest BCUT2D eigenvalue weighted by Gasteiger charge is -2.10. The molecule has 0 radical (unpaired) electrons. The lowest BCUT2D eigenvalue weighted by atomic mass is 10.1. The molecule has 0 spiro atoms. The average molecular weight is 349 g/mol. The molecule has 1 aromatic carbocycles. The number of halogens is 2. The number of aromatic hydroxyl groups is 1. The molecule has 6 nitrogen and oxygen atoms in total. The Balaban J connectivity index is 2.81. The highest BCUT2D eigenvalue weighted by Gasteiger charge is 2.20. The third-order valence-corrected chi connectivity index (χ3v) is 4.23. The van der Waals surface area contributed by atoms with Crippen molar-refractivity contribution in [1.29, 1.82) is 0 Å². The van der Waals surface area contributed by atoms with Gasteiger partial charge in [-0.3, -0.25) is 4.79 Å². The van der Waals surface area contributed by atoms with Crippen LogP contribution < -0.4 is 10.7 Å². The van der Waals surface area contributed by atoms with E-state index in [1.807, 2.05) is 0 Å². The van der Waals surface area contributed by atoms with Crippen LogP contribution in [-0.2, 0) is 10.0 Å². The zero-order valence-corrected chi connectivity index (χ0v) is 13.0. The van der Waals surface area contributed by atoms with Gasteiger partial charge in [-0.05, 0) is 25.1 Å². The van der Waals surface area contributed by atoms with Crippen molar-refractivity contribution in [3.8, 4) is 16.9 Å². The van der Waals surface area contributed by atoms with Crippen LogP contribution in [0, 0.1) is 6.92 Å². The molecule has 2 aromatic rings. The van der Waals surface area contributed by atoms with E-state index in [1.165, 1.54) is 6.07 Å². The largest absolute Gasteiger partial charge is 0.507 e. The monoisotopic (exact) mass is 348 g/mol. The van der Waals surface area contributed by atoms with Gasteiger partial charge in [-0.25, -0.2) is 13.6 Å². The lowest BCUT2D eigenvalue weighted by Crippen LogP contribution is -2.13. The number of aromatic nitrogens is 1. The summed E-state index contributed by atoms with van der Waals surface area (Å²) in [5, 5.41) is 14.7. The van der Waals surface area contributed by atoms with Crippen LogP contribution in [0.5, 0.6) is 5.75 Å². The quantitative estimate of drug-likeness (QED) is 0.770. The number of aryl methyl sites for hydroxylation is 1. The van der Waals surface area contributed by atoms with Gasteiger partial charge in [-0.15, -0.1) is 0 Å². The average Bonchev–Trinajstić information content (AvgIpc) is 2.29. The Bertz CT molecular complexity index is 868. The Morgan fingerprint density at radius 3 is 2.10 bits per heavy atom. The van der Waals surface area contributed by atoms with Crippen LogP contribution in [0.25, 0.3) is 11.1 Å². The van der Waals surface area contributed by atoms with Crippen molar-refractivity contribution in [2.45, 2.75) is 11.8 Å². The van der Waals surface area contributed by atoms with Crippen LogP contribution in [0.4, 0.5) is 0 Å². The molecule has 9 heteroatoms. The zero-order valence-electron chi connectivity index (χ0n) is 10.6. The van der Waals surface area contributed by atoms with Crippen LogP contribution >= 0.6 is 23.2 Å². The van der Waals surface area contributed by atoms with E-state index in [0.29, 0.717) is 5.69 Å². The third-order valence-electron chi connectivity index (χ3n) is 2.74. The van der Waals surface area contributed by atoms with E-state index in [1.54, 1.807) is 6.92 Å². The maximum Gasteiger partial charge on any atom is 0.259 e. The van der Waals surface area contributed by atoms with Crippen LogP contribution in [-0.4, -0.2) is 18.5 Å². The first-order chi connectivity index (χ1) is 9.61. The molecular formula is C12H10Cl2N2O4S. The number of sulfonamides is 1. The molecule has 112 valence electrons. The Morgan fingerprint density at radius 2 is 1.67 bits per heavy atom. The predicted molar refractivity (Wildman–Crippen MR) is 80.3 cm³/mol. The second-order valence-corrected chi connectivity index (χ2v) is 6.72. The molecule has 0 aliphatic carbocycles. The van der Waals surface area contributed by atoms with Crippen LogP contribution in [0.3, 0.4) is 0 Å². The molecule has 0 bridgehead atoms. The standard InChI is InChI=1S/C12H10Cl2N2O4S/c1-5-2-9(17)11(12(18)16-5)10-7(13)3-6(4-8(10)14)21(15,19)20/h2-4H,1H3,(H2,15,19,20)(H2,16,17,18). The maximum absolute atomic E-state index is 12.0. The summed E-state index contributed by atoms with van der Waals surface area (Å²) >= 11 is 12.0. The molecule has 0 fully saturated rings. The van der Waals surface area contributed by atoms with Crippen molar-refractivity contribution >= 4 is 33.2 Å². The van der Waals surface area contributed by atoms with E-state index in [4.69, 9.17) is 28.3 Å². The topological polar surface area (TPSA) is 113 Å². The van der Waals surface area contributed by atoms with Gasteiger partial charge in [0.15, 0.2) is 0 Å². The molecule has 0 saturated heterocycles. The number of benzene rings is 1. The van der Waals surface area contributed by atoms with Crippen molar-refractivity contribution in [2.75, 3.05) is 0 Å². The minimum atomic E-state index is -3.99. The van der Waals surface area contributed by atoms with Crippen LogP contribution in [0.2, 0.25) is 10.0 Å². The van der Waals surface area contributed by atoms with E-state index in [9.17, 15) is 18.3 Å². The summed E-state index contributed by atoms with van der Waals surface area (Å²) in [5.74, 6) is -0.316. The Morgan fingerprint density at radius 1 is 1.14 bits per heavy atom. The zero-order chi connectivity index (χ0) is 15.9. The summed E-state index contributed by atoms with van der Waals surface area (Å²) < 4.78 is 22.6. The fourth-order valence-electron chi connectivity index (χ4n) is 1.87. The number of H-pyrrole nitrogens is 1. The Kier molecular flexibility index (Phi) is 4.03. The highest BCUT2D eigenvalue weighted by Crippen LogP contribution is 2.38. The van der Waals surface area contributed by atoms with E-state index in [0.717, 1.165) is 12.1 Å². The van der Waals surface area contributed by atoms with Crippen molar-refractivity contribution in [2.24, 2.45) is 5.14 Å². The van der Waals surface area contributed by atoms with Crippen molar-refractivity contribution in [3.63, 3.8) is 0 Å². The number of primary sulfonamides is 1. The highest BCUT2D eigenvalue weighted by molar-refractivity contribution is 7.89. The summed E-state index contributed by atoms with van der Waals surface area (Å²) in [4.78, 5) is 14.2. The molecule has 1 heterocycles. The van der Waals surface area contributed by atoms with E-state index >= 15 is 0 Å². The summed E-state index contributed by atoms with van der Waals surface area (Å²) in [6.07, 6.45) is 0. The fourth-order valence-corrected chi connectivity index (χ4v) is 3.24. The number of hydrogen-bond acceptors (Lipinski definition) is 4. The maximum atomic E-state index is 12.0. The molecule has 0 aliphatic heterocycles. The second kappa shape index (κ2) is 5.34. The van der Waals surface area contributed by atoms with Crippen molar-refractivity contribution < 1.29 is 13.5 Å². The smallest absolute Gasteiger partial charge is 0.259 e. The number of nitrogens with two attached hydrogens (primary N) is 1. The van der Waals surface area contributed by atoms with E-state index in [2.05, 4.69) is 4.98 Å². The normalized spacial score (nSPS) is 11.6. The van der Waals surface area contributed by atoms with Gasteiger partial charge >= 0.3 is 0 Å². The molecule has 4 N–H and O–H groups in total. The molecule has 2 rings (SSSR count).